The van der Waals surface area contributed by atoms with Crippen LogP contribution in [-0.2, 0) is 22.3 Å². The molecule has 0 aliphatic heterocycles. The molecule has 20 heavy (non-hydrogen) atoms. The molecule has 0 fully saturated rings. The van der Waals surface area contributed by atoms with E-state index in [1.807, 2.05) is 0 Å². The van der Waals surface area contributed by atoms with E-state index in [2.05, 4.69) is 0 Å². The summed E-state index contributed by atoms with van der Waals surface area (Å²) in [4.78, 5) is 11.1. The molecule has 0 spiro atoms. The lowest BCUT2D eigenvalue weighted by Gasteiger charge is -2.10. The van der Waals surface area contributed by atoms with Gasteiger partial charge in [-0.1, -0.05) is 18.2 Å². The molecule has 0 heterocycles. The van der Waals surface area contributed by atoms with E-state index in [0.29, 0.717) is 5.56 Å². The fourth-order valence-corrected chi connectivity index (χ4v) is 1.58. The van der Waals surface area contributed by atoms with Crippen LogP contribution in [0.15, 0.2) is 24.3 Å². The van der Waals surface area contributed by atoms with Gasteiger partial charge in [-0.05, 0) is 30.2 Å². The monoisotopic (exact) mass is 288 g/mol. The molecule has 0 radical (unpaired) electrons. The number of aliphatic hydroxyl groups excluding tert-OH is 1. The van der Waals surface area contributed by atoms with E-state index in [4.69, 9.17) is 9.84 Å². The maximum Gasteiger partial charge on any atom is 0.416 e. The van der Waals surface area contributed by atoms with Gasteiger partial charge in [0.15, 0.2) is 0 Å². The number of benzene rings is 1. The van der Waals surface area contributed by atoms with Crippen molar-refractivity contribution in [3.05, 3.63) is 41.0 Å². The predicted octanol–water partition coefficient (Wildman–Crippen LogP) is 3.16. The highest BCUT2D eigenvalue weighted by Gasteiger charge is 2.30. The third kappa shape index (κ3) is 4.70. The van der Waals surface area contributed by atoms with E-state index < -0.39 is 24.3 Å². The van der Waals surface area contributed by atoms with Gasteiger partial charge >= 0.3 is 12.1 Å². The van der Waals surface area contributed by atoms with Crippen LogP contribution in [-0.4, -0.2) is 17.7 Å². The summed E-state index contributed by atoms with van der Waals surface area (Å²) in [5.74, 6) is -0.416. The normalized spacial score (nSPS) is 11.8. The summed E-state index contributed by atoms with van der Waals surface area (Å²) in [5, 5.41) is 9.11. The number of rotatable bonds is 5. The van der Waals surface area contributed by atoms with Crippen LogP contribution in [0.3, 0.4) is 0 Å². The quantitative estimate of drug-likeness (QED) is 0.847. The van der Waals surface area contributed by atoms with Crippen LogP contribution in [0.5, 0.6) is 0 Å². The zero-order valence-electron chi connectivity index (χ0n) is 10.9. The molecule has 0 unspecified atom stereocenters. The summed E-state index contributed by atoms with van der Waals surface area (Å²) in [6.45, 7) is 1.44. The van der Waals surface area contributed by atoms with Crippen LogP contribution in [0.2, 0.25) is 0 Å². The van der Waals surface area contributed by atoms with Crippen LogP contribution in [0.25, 0.3) is 6.08 Å². The SMILES string of the molecule is CCOC(=O)CC=Cc1ccc(C(F)(F)F)cc1CO. The highest BCUT2D eigenvalue weighted by atomic mass is 19.4. The summed E-state index contributed by atoms with van der Waals surface area (Å²) in [5.41, 5.74) is -0.228. The number of carbonyl (C=O) groups excluding carboxylic acids is 1. The van der Waals surface area contributed by atoms with E-state index in [9.17, 15) is 18.0 Å². The Labute approximate surface area is 114 Å². The van der Waals surface area contributed by atoms with E-state index in [1.54, 1.807) is 6.92 Å². The smallest absolute Gasteiger partial charge is 0.416 e. The number of esters is 1. The van der Waals surface area contributed by atoms with Crippen molar-refractivity contribution in [3.8, 4) is 0 Å². The topological polar surface area (TPSA) is 46.5 Å². The second-order valence-electron chi connectivity index (χ2n) is 3.98. The third-order valence-corrected chi connectivity index (χ3v) is 2.53. The van der Waals surface area contributed by atoms with Crippen molar-refractivity contribution in [1.29, 1.82) is 0 Å². The van der Waals surface area contributed by atoms with E-state index in [-0.39, 0.29) is 18.6 Å². The van der Waals surface area contributed by atoms with E-state index >= 15 is 0 Å². The fourth-order valence-electron chi connectivity index (χ4n) is 1.58. The summed E-state index contributed by atoms with van der Waals surface area (Å²) in [6.07, 6.45) is -1.45. The first-order valence-electron chi connectivity index (χ1n) is 6.01. The standard InChI is InChI=1S/C14H15F3O3/c1-2-20-13(19)5-3-4-10-6-7-12(14(15,16)17)8-11(10)9-18/h3-4,6-8,18H,2,5,9H2,1H3. The van der Waals surface area contributed by atoms with Crippen molar-refractivity contribution in [3.63, 3.8) is 0 Å². The first-order chi connectivity index (χ1) is 9.38. The lowest BCUT2D eigenvalue weighted by Crippen LogP contribution is -2.06. The van der Waals surface area contributed by atoms with Gasteiger partial charge in [0.25, 0.3) is 0 Å². The third-order valence-electron chi connectivity index (χ3n) is 2.53. The molecule has 1 N–H and O–H groups in total. The lowest BCUT2D eigenvalue weighted by molar-refractivity contribution is -0.142. The summed E-state index contributed by atoms with van der Waals surface area (Å²) >= 11 is 0. The predicted molar refractivity (Wildman–Crippen MR) is 67.7 cm³/mol. The Hall–Kier alpha value is -1.82. The molecule has 1 aromatic rings. The number of ether oxygens (including phenoxy) is 1. The van der Waals surface area contributed by atoms with Crippen molar-refractivity contribution in [2.45, 2.75) is 26.1 Å². The van der Waals surface area contributed by atoms with Gasteiger partial charge in [-0.3, -0.25) is 4.79 Å². The van der Waals surface area contributed by atoms with Crippen LogP contribution < -0.4 is 0 Å². The minimum atomic E-state index is -4.45. The molecule has 0 aromatic heterocycles. The van der Waals surface area contributed by atoms with Gasteiger partial charge in [0.1, 0.15) is 0 Å². The number of halogens is 3. The van der Waals surface area contributed by atoms with Gasteiger partial charge < -0.3 is 9.84 Å². The molecule has 0 bridgehead atoms. The molecule has 3 nitrogen and oxygen atoms in total. The van der Waals surface area contributed by atoms with Gasteiger partial charge in [0.2, 0.25) is 0 Å². The summed E-state index contributed by atoms with van der Waals surface area (Å²) in [7, 11) is 0. The first kappa shape index (κ1) is 16.2. The van der Waals surface area contributed by atoms with Gasteiger partial charge in [-0.25, -0.2) is 0 Å². The molecular formula is C14H15F3O3. The second kappa shape index (κ2) is 7.09. The molecule has 0 amide bonds. The van der Waals surface area contributed by atoms with Crippen molar-refractivity contribution in [2.75, 3.05) is 6.61 Å². The summed E-state index contributed by atoms with van der Waals surface area (Å²) in [6, 6.07) is 3.09. The van der Waals surface area contributed by atoms with Crippen LogP contribution in [0.1, 0.15) is 30.0 Å². The van der Waals surface area contributed by atoms with Crippen molar-refractivity contribution < 1.29 is 27.8 Å². The average molecular weight is 288 g/mol. The Kier molecular flexibility index (Phi) is 5.76. The van der Waals surface area contributed by atoms with Crippen molar-refractivity contribution in [1.82, 2.24) is 0 Å². The Morgan fingerprint density at radius 2 is 2.10 bits per heavy atom. The van der Waals surface area contributed by atoms with Crippen molar-refractivity contribution in [2.24, 2.45) is 0 Å². The van der Waals surface area contributed by atoms with Gasteiger partial charge in [0, 0.05) is 0 Å². The first-order valence-corrected chi connectivity index (χ1v) is 6.01. The summed E-state index contributed by atoms with van der Waals surface area (Å²) < 4.78 is 42.3. The van der Waals surface area contributed by atoms with E-state index in [0.717, 1.165) is 12.1 Å². The molecule has 0 atom stereocenters. The molecule has 110 valence electrons. The molecule has 0 aliphatic rings. The number of carbonyl (C=O) groups is 1. The van der Waals surface area contributed by atoms with Crippen LogP contribution >= 0.6 is 0 Å². The number of hydrogen-bond donors (Lipinski definition) is 1. The van der Waals surface area contributed by atoms with E-state index in [1.165, 1.54) is 18.2 Å². The maximum atomic E-state index is 12.5. The van der Waals surface area contributed by atoms with Gasteiger partial charge in [0.05, 0.1) is 25.2 Å². The van der Waals surface area contributed by atoms with Gasteiger partial charge in [-0.2, -0.15) is 13.2 Å². The minimum absolute atomic E-state index is 0.0275. The Balaban J connectivity index is 2.86. The molecule has 1 aromatic carbocycles. The van der Waals surface area contributed by atoms with Crippen molar-refractivity contribution >= 4 is 12.0 Å². The van der Waals surface area contributed by atoms with Gasteiger partial charge in [-0.15, -0.1) is 0 Å². The molecule has 0 aliphatic carbocycles. The number of alkyl halides is 3. The van der Waals surface area contributed by atoms with Crippen LogP contribution in [0.4, 0.5) is 13.2 Å². The Morgan fingerprint density at radius 3 is 2.65 bits per heavy atom. The number of aliphatic hydroxyl groups is 1. The highest BCUT2D eigenvalue weighted by Crippen LogP contribution is 2.30. The largest absolute Gasteiger partial charge is 0.466 e. The lowest BCUT2D eigenvalue weighted by atomic mass is 10.0. The molecular weight excluding hydrogens is 273 g/mol. The second-order valence-corrected chi connectivity index (χ2v) is 3.98. The number of hydrogen-bond acceptors (Lipinski definition) is 3. The molecule has 0 saturated heterocycles. The molecule has 1 rings (SSSR count). The van der Waals surface area contributed by atoms with Crippen LogP contribution in [0, 0.1) is 0 Å². The zero-order chi connectivity index (χ0) is 15.2. The minimum Gasteiger partial charge on any atom is -0.466 e. The fraction of sp³-hybridized carbons (Fsp3) is 0.357. The molecule has 6 heteroatoms. The molecule has 0 saturated carbocycles. The average Bonchev–Trinajstić information content (AvgIpc) is 2.38. The Bertz CT molecular complexity index is 493. The maximum absolute atomic E-state index is 12.5. The highest BCUT2D eigenvalue weighted by molar-refractivity contribution is 5.72. The zero-order valence-corrected chi connectivity index (χ0v) is 10.9. The Morgan fingerprint density at radius 1 is 1.40 bits per heavy atom.